The van der Waals surface area contributed by atoms with Crippen LogP contribution in [0.3, 0.4) is 0 Å². The van der Waals surface area contributed by atoms with Crippen LogP contribution in [0.4, 0.5) is 0 Å². The van der Waals surface area contributed by atoms with E-state index < -0.39 is 0 Å². The number of carbonyl (C=O) groups is 1. The smallest absolute Gasteiger partial charge is 0.217 e. The molecule has 0 fully saturated rings. The van der Waals surface area contributed by atoms with Crippen LogP contribution in [0.1, 0.15) is 30.7 Å². The predicted molar refractivity (Wildman–Crippen MR) is 60.7 cm³/mol. The molecule has 1 amide bonds. The fraction of sp³-hybridized carbons (Fsp3) is 0.636. The van der Waals surface area contributed by atoms with Crippen LogP contribution in [-0.2, 0) is 24.3 Å². The van der Waals surface area contributed by atoms with E-state index in [1.54, 1.807) is 0 Å². The summed E-state index contributed by atoms with van der Waals surface area (Å²) >= 11 is 0. The molecule has 0 aromatic carbocycles. The molecule has 2 rings (SSSR count). The molecular formula is C11H18N4O. The van der Waals surface area contributed by atoms with Gasteiger partial charge in [0.25, 0.3) is 0 Å². The van der Waals surface area contributed by atoms with Crippen LogP contribution in [0.2, 0.25) is 0 Å². The van der Waals surface area contributed by atoms with Gasteiger partial charge in [0.05, 0.1) is 12.0 Å². The van der Waals surface area contributed by atoms with Crippen molar-refractivity contribution in [3.05, 3.63) is 17.7 Å². The van der Waals surface area contributed by atoms with E-state index in [0.29, 0.717) is 6.42 Å². The van der Waals surface area contributed by atoms with Gasteiger partial charge in [0.15, 0.2) is 0 Å². The fourth-order valence-corrected chi connectivity index (χ4v) is 2.07. The highest BCUT2D eigenvalue weighted by molar-refractivity contribution is 5.73. The highest BCUT2D eigenvalue weighted by Gasteiger charge is 2.13. The number of rotatable bonds is 5. The lowest BCUT2D eigenvalue weighted by atomic mass is 10.1. The molecule has 16 heavy (non-hydrogen) atoms. The van der Waals surface area contributed by atoms with Crippen molar-refractivity contribution in [2.75, 3.05) is 6.54 Å². The van der Waals surface area contributed by atoms with E-state index in [4.69, 9.17) is 5.73 Å². The maximum Gasteiger partial charge on any atom is 0.217 e. The summed E-state index contributed by atoms with van der Waals surface area (Å²) in [4.78, 5) is 15.0. The molecule has 3 N–H and O–H groups in total. The zero-order chi connectivity index (χ0) is 11.4. The monoisotopic (exact) mass is 222 g/mol. The third-order valence-electron chi connectivity index (χ3n) is 2.94. The lowest BCUT2D eigenvalue weighted by Gasteiger charge is -2.14. The van der Waals surface area contributed by atoms with Crippen molar-refractivity contribution in [2.45, 2.75) is 38.8 Å². The van der Waals surface area contributed by atoms with Crippen LogP contribution in [0.15, 0.2) is 6.33 Å². The number of carbonyl (C=O) groups excluding carboxylic acids is 1. The quantitative estimate of drug-likeness (QED) is 0.698. The van der Waals surface area contributed by atoms with Gasteiger partial charge in [-0.2, -0.15) is 0 Å². The minimum Gasteiger partial charge on any atom is -0.370 e. The minimum absolute atomic E-state index is 0.211. The molecule has 0 saturated heterocycles. The van der Waals surface area contributed by atoms with Gasteiger partial charge in [-0.05, 0) is 12.8 Å². The largest absolute Gasteiger partial charge is 0.370 e. The molecule has 1 aliphatic heterocycles. The third-order valence-corrected chi connectivity index (χ3v) is 2.94. The number of aromatic nitrogens is 2. The average Bonchev–Trinajstić information content (AvgIpc) is 2.68. The summed E-state index contributed by atoms with van der Waals surface area (Å²) in [6.07, 6.45) is 5.28. The molecule has 0 bridgehead atoms. The number of aryl methyl sites for hydroxylation is 1. The Hall–Kier alpha value is -1.36. The molecular weight excluding hydrogens is 204 g/mol. The zero-order valence-corrected chi connectivity index (χ0v) is 9.41. The molecule has 2 heterocycles. The molecule has 0 spiro atoms. The first-order valence-corrected chi connectivity index (χ1v) is 5.79. The average molecular weight is 222 g/mol. The van der Waals surface area contributed by atoms with E-state index in [1.165, 1.54) is 11.4 Å². The normalized spacial score (nSPS) is 14.8. The number of hydrogen-bond donors (Lipinski definition) is 2. The van der Waals surface area contributed by atoms with Crippen LogP contribution in [0, 0.1) is 0 Å². The van der Waals surface area contributed by atoms with Gasteiger partial charge in [-0.3, -0.25) is 4.79 Å². The SMILES string of the molecule is NC(=O)CCCCn1cnc2c1CCNC2. The van der Waals surface area contributed by atoms with E-state index >= 15 is 0 Å². The van der Waals surface area contributed by atoms with Gasteiger partial charge in [0, 0.05) is 38.2 Å². The standard InChI is InChI=1S/C11H18N4O/c12-11(16)3-1-2-6-15-8-14-9-7-13-5-4-10(9)15/h8,13H,1-7H2,(H2,12,16). The van der Waals surface area contributed by atoms with Crippen molar-refractivity contribution in [2.24, 2.45) is 5.73 Å². The van der Waals surface area contributed by atoms with E-state index in [2.05, 4.69) is 14.9 Å². The second-order valence-electron chi connectivity index (χ2n) is 4.18. The Balaban J connectivity index is 1.85. The highest BCUT2D eigenvalue weighted by Crippen LogP contribution is 2.13. The molecule has 1 aromatic heterocycles. The van der Waals surface area contributed by atoms with Crippen molar-refractivity contribution < 1.29 is 4.79 Å². The summed E-state index contributed by atoms with van der Waals surface area (Å²) in [5.41, 5.74) is 7.61. The van der Waals surface area contributed by atoms with Crippen molar-refractivity contribution >= 4 is 5.91 Å². The summed E-state index contributed by atoms with van der Waals surface area (Å²) in [6, 6.07) is 0. The Labute approximate surface area is 95.0 Å². The second-order valence-corrected chi connectivity index (χ2v) is 4.18. The van der Waals surface area contributed by atoms with E-state index in [0.717, 1.165) is 38.9 Å². The van der Waals surface area contributed by atoms with Crippen molar-refractivity contribution in [1.29, 1.82) is 0 Å². The number of nitrogens with two attached hydrogens (primary N) is 1. The molecule has 0 atom stereocenters. The summed E-state index contributed by atoms with van der Waals surface area (Å²) in [5.74, 6) is -0.211. The lowest BCUT2D eigenvalue weighted by Crippen LogP contribution is -2.25. The number of amides is 1. The molecule has 0 unspecified atom stereocenters. The summed E-state index contributed by atoms with van der Waals surface area (Å²) in [7, 11) is 0. The van der Waals surface area contributed by atoms with E-state index in [1.807, 2.05) is 6.33 Å². The molecule has 5 nitrogen and oxygen atoms in total. The molecule has 1 aliphatic rings. The van der Waals surface area contributed by atoms with Gasteiger partial charge in [0.2, 0.25) is 5.91 Å². The minimum atomic E-state index is -0.211. The van der Waals surface area contributed by atoms with E-state index in [9.17, 15) is 4.79 Å². The van der Waals surface area contributed by atoms with Crippen LogP contribution < -0.4 is 11.1 Å². The van der Waals surface area contributed by atoms with Crippen LogP contribution in [0.5, 0.6) is 0 Å². The molecule has 0 aliphatic carbocycles. The lowest BCUT2D eigenvalue weighted by molar-refractivity contribution is -0.118. The van der Waals surface area contributed by atoms with Crippen molar-refractivity contribution in [3.63, 3.8) is 0 Å². The molecule has 0 radical (unpaired) electrons. The van der Waals surface area contributed by atoms with Crippen molar-refractivity contribution in [3.8, 4) is 0 Å². The Kier molecular flexibility index (Phi) is 3.56. The third kappa shape index (κ3) is 2.61. The fourth-order valence-electron chi connectivity index (χ4n) is 2.07. The summed E-state index contributed by atoms with van der Waals surface area (Å²) < 4.78 is 2.21. The summed E-state index contributed by atoms with van der Waals surface area (Å²) in [5, 5.41) is 3.30. The molecule has 88 valence electrons. The van der Waals surface area contributed by atoms with Gasteiger partial charge in [0.1, 0.15) is 0 Å². The maximum absolute atomic E-state index is 10.6. The maximum atomic E-state index is 10.6. The second kappa shape index (κ2) is 5.12. The summed E-state index contributed by atoms with van der Waals surface area (Å²) in [6.45, 7) is 2.85. The first-order valence-electron chi connectivity index (χ1n) is 5.79. The molecule has 0 saturated carbocycles. The number of fused-ring (bicyclic) bond motifs is 1. The first-order chi connectivity index (χ1) is 7.77. The number of hydrogen-bond acceptors (Lipinski definition) is 3. The van der Waals surface area contributed by atoms with Crippen LogP contribution in [-0.4, -0.2) is 22.0 Å². The van der Waals surface area contributed by atoms with E-state index in [-0.39, 0.29) is 5.91 Å². The Morgan fingerprint density at radius 2 is 2.44 bits per heavy atom. The molecule has 1 aromatic rings. The Morgan fingerprint density at radius 1 is 1.56 bits per heavy atom. The molecule has 5 heteroatoms. The van der Waals surface area contributed by atoms with Crippen molar-refractivity contribution in [1.82, 2.24) is 14.9 Å². The first kappa shape index (κ1) is 11.1. The van der Waals surface area contributed by atoms with Gasteiger partial charge in [-0.25, -0.2) is 4.98 Å². The topological polar surface area (TPSA) is 72.9 Å². The predicted octanol–water partition coefficient (Wildman–Crippen LogP) is 0.184. The van der Waals surface area contributed by atoms with Crippen LogP contribution in [0.25, 0.3) is 0 Å². The van der Waals surface area contributed by atoms with Gasteiger partial charge in [-0.1, -0.05) is 0 Å². The van der Waals surface area contributed by atoms with Gasteiger partial charge in [-0.15, -0.1) is 0 Å². The number of nitrogens with zero attached hydrogens (tertiary/aromatic N) is 2. The number of imidazole rings is 1. The Morgan fingerprint density at radius 3 is 3.25 bits per heavy atom. The Bertz CT molecular complexity index is 372. The van der Waals surface area contributed by atoms with Crippen LogP contribution >= 0.6 is 0 Å². The van der Waals surface area contributed by atoms with Gasteiger partial charge >= 0.3 is 0 Å². The number of nitrogens with one attached hydrogen (secondary N) is 1. The highest BCUT2D eigenvalue weighted by atomic mass is 16.1. The number of primary amides is 1. The number of unbranched alkanes of at least 4 members (excludes halogenated alkanes) is 1. The van der Waals surface area contributed by atoms with Gasteiger partial charge < -0.3 is 15.6 Å². The zero-order valence-electron chi connectivity index (χ0n) is 9.41.